The maximum atomic E-state index is 11.8. The zero-order valence-corrected chi connectivity index (χ0v) is 10.2. The molecule has 1 rings (SSSR count). The summed E-state index contributed by atoms with van der Waals surface area (Å²) in [7, 11) is 0. The maximum Gasteiger partial charge on any atom is 0.326 e. The second-order valence-electron chi connectivity index (χ2n) is 3.89. The van der Waals surface area contributed by atoms with Crippen LogP contribution in [0, 0.1) is 5.92 Å². The van der Waals surface area contributed by atoms with Crippen molar-refractivity contribution in [3.63, 3.8) is 0 Å². The Morgan fingerprint density at radius 3 is 2.59 bits per heavy atom. The van der Waals surface area contributed by atoms with E-state index in [9.17, 15) is 9.59 Å². The number of carbonyl (C=O) groups is 2. The van der Waals surface area contributed by atoms with E-state index < -0.39 is 17.9 Å². The van der Waals surface area contributed by atoms with Gasteiger partial charge in [-0.2, -0.15) is 0 Å². The van der Waals surface area contributed by atoms with Crippen LogP contribution in [0.25, 0.3) is 0 Å². The van der Waals surface area contributed by atoms with Gasteiger partial charge in [-0.3, -0.25) is 9.78 Å². The van der Waals surface area contributed by atoms with Crippen LogP contribution in [-0.4, -0.2) is 28.0 Å². The Balaban J connectivity index is 2.85. The molecule has 17 heavy (non-hydrogen) atoms. The number of carbonyl (C=O) groups excluding carboxylic acids is 1. The molecule has 0 aliphatic heterocycles. The van der Waals surface area contributed by atoms with Crippen molar-refractivity contribution >= 4 is 23.5 Å². The molecule has 0 aliphatic rings. The van der Waals surface area contributed by atoms with Gasteiger partial charge in [0.25, 0.3) is 5.91 Å². The van der Waals surface area contributed by atoms with Gasteiger partial charge in [0.1, 0.15) is 6.04 Å². The highest BCUT2D eigenvalue weighted by Gasteiger charge is 2.24. The highest BCUT2D eigenvalue weighted by Crippen LogP contribution is 2.14. The zero-order valence-electron chi connectivity index (χ0n) is 9.48. The van der Waals surface area contributed by atoms with Crippen LogP contribution in [0.3, 0.4) is 0 Å². The smallest absolute Gasteiger partial charge is 0.326 e. The monoisotopic (exact) mass is 256 g/mol. The van der Waals surface area contributed by atoms with Gasteiger partial charge in [0.2, 0.25) is 0 Å². The molecule has 0 aromatic carbocycles. The SMILES string of the molecule is CC(C)C(NC(=O)c1cnccc1Cl)C(=O)O. The first-order chi connectivity index (χ1) is 7.93. The minimum atomic E-state index is -1.08. The first kappa shape index (κ1) is 13.4. The van der Waals surface area contributed by atoms with Gasteiger partial charge in [0.05, 0.1) is 10.6 Å². The number of amides is 1. The molecular formula is C11H13ClN2O3. The summed E-state index contributed by atoms with van der Waals surface area (Å²) >= 11 is 5.81. The third-order valence-electron chi connectivity index (χ3n) is 2.23. The Kier molecular flexibility index (Phi) is 4.45. The molecule has 5 nitrogen and oxygen atoms in total. The van der Waals surface area contributed by atoms with E-state index in [1.807, 2.05) is 0 Å². The normalized spacial score (nSPS) is 12.2. The summed E-state index contributed by atoms with van der Waals surface area (Å²) in [4.78, 5) is 26.5. The van der Waals surface area contributed by atoms with Gasteiger partial charge in [0, 0.05) is 12.4 Å². The van der Waals surface area contributed by atoms with Crippen molar-refractivity contribution in [3.05, 3.63) is 29.0 Å². The molecule has 0 radical (unpaired) electrons. The van der Waals surface area contributed by atoms with Crippen LogP contribution >= 0.6 is 11.6 Å². The van der Waals surface area contributed by atoms with E-state index in [0.717, 1.165) is 0 Å². The molecule has 6 heteroatoms. The maximum absolute atomic E-state index is 11.8. The second-order valence-corrected chi connectivity index (χ2v) is 4.30. The lowest BCUT2D eigenvalue weighted by Crippen LogP contribution is -2.44. The van der Waals surface area contributed by atoms with E-state index in [1.165, 1.54) is 18.5 Å². The number of carboxylic acid groups (broad SMARTS) is 1. The molecule has 0 bridgehead atoms. The Bertz CT molecular complexity index is 434. The average Bonchev–Trinajstić information content (AvgIpc) is 2.25. The fraction of sp³-hybridized carbons (Fsp3) is 0.364. The lowest BCUT2D eigenvalue weighted by atomic mass is 10.0. The molecule has 0 saturated carbocycles. The number of rotatable bonds is 4. The number of aromatic nitrogens is 1. The van der Waals surface area contributed by atoms with Crippen molar-refractivity contribution in [2.45, 2.75) is 19.9 Å². The summed E-state index contributed by atoms with van der Waals surface area (Å²) in [5.41, 5.74) is 0.168. The first-order valence-electron chi connectivity index (χ1n) is 5.06. The summed E-state index contributed by atoms with van der Waals surface area (Å²) in [6.07, 6.45) is 2.76. The van der Waals surface area contributed by atoms with Gasteiger partial charge in [-0.1, -0.05) is 25.4 Å². The highest BCUT2D eigenvalue weighted by atomic mass is 35.5. The van der Waals surface area contributed by atoms with E-state index in [4.69, 9.17) is 16.7 Å². The van der Waals surface area contributed by atoms with Crippen molar-refractivity contribution < 1.29 is 14.7 Å². The number of nitrogens with zero attached hydrogens (tertiary/aromatic N) is 1. The predicted molar refractivity (Wildman–Crippen MR) is 63.0 cm³/mol. The van der Waals surface area contributed by atoms with Gasteiger partial charge >= 0.3 is 5.97 Å². The van der Waals surface area contributed by atoms with Crippen molar-refractivity contribution in [3.8, 4) is 0 Å². The minimum Gasteiger partial charge on any atom is -0.480 e. The van der Waals surface area contributed by atoms with Gasteiger partial charge in [-0.25, -0.2) is 4.79 Å². The van der Waals surface area contributed by atoms with Gasteiger partial charge in [-0.05, 0) is 12.0 Å². The molecule has 1 amide bonds. The van der Waals surface area contributed by atoms with E-state index in [2.05, 4.69) is 10.3 Å². The van der Waals surface area contributed by atoms with Crippen LogP contribution in [-0.2, 0) is 4.79 Å². The van der Waals surface area contributed by atoms with Crippen LogP contribution in [0.2, 0.25) is 5.02 Å². The molecule has 0 spiro atoms. The molecule has 1 aromatic rings. The fourth-order valence-corrected chi connectivity index (χ4v) is 1.47. The van der Waals surface area contributed by atoms with Gasteiger partial charge < -0.3 is 10.4 Å². The summed E-state index contributed by atoms with van der Waals surface area (Å²) in [6.45, 7) is 3.42. The number of nitrogens with one attached hydrogen (secondary N) is 1. The largest absolute Gasteiger partial charge is 0.480 e. The summed E-state index contributed by atoms with van der Waals surface area (Å²) in [6, 6.07) is 0.528. The molecule has 0 fully saturated rings. The molecule has 1 aromatic heterocycles. The number of pyridine rings is 1. The van der Waals surface area contributed by atoms with Crippen molar-refractivity contribution in [2.75, 3.05) is 0 Å². The van der Waals surface area contributed by atoms with Crippen LogP contribution in [0.5, 0.6) is 0 Å². The predicted octanol–water partition coefficient (Wildman–Crippen LogP) is 1.57. The van der Waals surface area contributed by atoms with E-state index in [-0.39, 0.29) is 16.5 Å². The fourth-order valence-electron chi connectivity index (χ4n) is 1.28. The van der Waals surface area contributed by atoms with Crippen LogP contribution in [0.15, 0.2) is 18.5 Å². The standard InChI is InChI=1S/C11H13ClN2O3/c1-6(2)9(11(16)17)14-10(15)7-5-13-4-3-8(7)12/h3-6,9H,1-2H3,(H,14,15)(H,16,17). The van der Waals surface area contributed by atoms with Gasteiger partial charge in [0.15, 0.2) is 0 Å². The Hall–Kier alpha value is -1.62. The highest BCUT2D eigenvalue weighted by molar-refractivity contribution is 6.33. The first-order valence-corrected chi connectivity index (χ1v) is 5.44. The molecule has 92 valence electrons. The molecule has 1 heterocycles. The number of carboxylic acids is 1. The third-order valence-corrected chi connectivity index (χ3v) is 2.56. The Labute approximate surface area is 104 Å². The zero-order chi connectivity index (χ0) is 13.0. The molecular weight excluding hydrogens is 244 g/mol. The third kappa shape index (κ3) is 3.42. The quantitative estimate of drug-likeness (QED) is 0.857. The lowest BCUT2D eigenvalue weighted by molar-refractivity contribution is -0.140. The van der Waals surface area contributed by atoms with Crippen LogP contribution in [0.1, 0.15) is 24.2 Å². The topological polar surface area (TPSA) is 79.3 Å². The van der Waals surface area contributed by atoms with E-state index >= 15 is 0 Å². The summed E-state index contributed by atoms with van der Waals surface area (Å²) < 4.78 is 0. The molecule has 0 aliphatic carbocycles. The second kappa shape index (κ2) is 5.63. The van der Waals surface area contributed by atoms with Crippen LogP contribution in [0.4, 0.5) is 0 Å². The average molecular weight is 257 g/mol. The summed E-state index contributed by atoms with van der Waals surface area (Å²) in [5.74, 6) is -1.83. The van der Waals surface area contributed by atoms with Crippen LogP contribution < -0.4 is 5.32 Å². The Morgan fingerprint density at radius 1 is 1.47 bits per heavy atom. The van der Waals surface area contributed by atoms with E-state index in [0.29, 0.717) is 0 Å². The van der Waals surface area contributed by atoms with Crippen molar-refractivity contribution in [2.24, 2.45) is 5.92 Å². The number of hydrogen-bond donors (Lipinski definition) is 2. The minimum absolute atomic E-state index is 0.168. The molecule has 0 saturated heterocycles. The lowest BCUT2D eigenvalue weighted by Gasteiger charge is -2.17. The number of halogens is 1. The van der Waals surface area contributed by atoms with Gasteiger partial charge in [-0.15, -0.1) is 0 Å². The van der Waals surface area contributed by atoms with Crippen molar-refractivity contribution in [1.82, 2.24) is 10.3 Å². The molecule has 1 unspecified atom stereocenters. The van der Waals surface area contributed by atoms with E-state index in [1.54, 1.807) is 13.8 Å². The molecule has 2 N–H and O–H groups in total. The Morgan fingerprint density at radius 2 is 2.12 bits per heavy atom. The molecule has 1 atom stereocenters. The van der Waals surface area contributed by atoms with Crippen molar-refractivity contribution in [1.29, 1.82) is 0 Å². The number of aliphatic carboxylic acids is 1. The summed E-state index contributed by atoms with van der Waals surface area (Å²) in [5, 5.41) is 11.6. The number of hydrogen-bond acceptors (Lipinski definition) is 3.